The van der Waals surface area contributed by atoms with Crippen molar-refractivity contribution in [3.63, 3.8) is 0 Å². The van der Waals surface area contributed by atoms with Crippen molar-refractivity contribution < 1.29 is 42.5 Å². The summed E-state index contributed by atoms with van der Waals surface area (Å²) in [6.07, 6.45) is -3.54. The summed E-state index contributed by atoms with van der Waals surface area (Å²) in [5.41, 5.74) is 1.24. The van der Waals surface area contributed by atoms with Crippen molar-refractivity contribution in [2.75, 3.05) is 18.5 Å². The summed E-state index contributed by atoms with van der Waals surface area (Å²) in [5.74, 6) is -1.73. The van der Waals surface area contributed by atoms with Gasteiger partial charge in [-0.1, -0.05) is 54.6 Å². The van der Waals surface area contributed by atoms with Gasteiger partial charge in [0, 0.05) is 0 Å². The molecule has 0 saturated carbocycles. The van der Waals surface area contributed by atoms with Crippen LogP contribution in [0.1, 0.15) is 44.2 Å². The largest absolute Gasteiger partial charge is 0.491 e. The summed E-state index contributed by atoms with van der Waals surface area (Å²) in [6.45, 7) is 1.64. The van der Waals surface area contributed by atoms with Gasteiger partial charge in [-0.05, 0) is 79.2 Å². The highest BCUT2D eigenvalue weighted by atomic mass is 35.5. The highest BCUT2D eigenvalue weighted by Crippen LogP contribution is 2.38. The molecule has 1 aliphatic heterocycles. The van der Waals surface area contributed by atoms with Crippen LogP contribution in [0, 0.1) is 5.82 Å². The Morgan fingerprint density at radius 1 is 0.800 bits per heavy atom. The molecule has 0 aliphatic carbocycles. The van der Waals surface area contributed by atoms with E-state index in [0.29, 0.717) is 11.3 Å². The standard InChI is InChI=1S/C40H33ClFN5O8/c1-24(21-51-29-19-17-28(42)18-20-29)44-34-31-35(46-40(41)45-34)47(23-43-31)36-33(55-39(50)27-15-9-4-10-16-27)32(54-38(49)26-13-7-3-8-14-26)30(53-36)22-52-37(48)25-11-5-2-6-12-25/h2-20,23-24,30,32-33,36H,21-22H2,1H3,(H,44,45,46)/t24-,30-,32-,33-,36-/m1/s1. The van der Waals surface area contributed by atoms with Crippen molar-refractivity contribution in [2.24, 2.45) is 0 Å². The summed E-state index contributed by atoms with van der Waals surface area (Å²) in [5, 5.41) is 3.08. The number of benzene rings is 4. The number of hydrogen-bond acceptors (Lipinski definition) is 12. The van der Waals surface area contributed by atoms with Crippen LogP contribution in [0.15, 0.2) is 122 Å². The first-order valence-electron chi connectivity index (χ1n) is 17.2. The van der Waals surface area contributed by atoms with Gasteiger partial charge < -0.3 is 29.0 Å². The fourth-order valence-electron chi connectivity index (χ4n) is 5.89. The third-order valence-corrected chi connectivity index (χ3v) is 8.71. The van der Waals surface area contributed by atoms with E-state index in [1.165, 1.54) is 35.2 Å². The van der Waals surface area contributed by atoms with Crippen molar-refractivity contribution in [2.45, 2.75) is 37.5 Å². The molecule has 5 atom stereocenters. The second kappa shape index (κ2) is 16.7. The van der Waals surface area contributed by atoms with E-state index in [-0.39, 0.29) is 58.5 Å². The van der Waals surface area contributed by atoms with E-state index in [2.05, 4.69) is 20.3 Å². The molecule has 0 unspecified atom stereocenters. The number of halogens is 2. The second-order valence-corrected chi connectivity index (χ2v) is 12.8. The van der Waals surface area contributed by atoms with Crippen LogP contribution in [0.5, 0.6) is 5.75 Å². The molecule has 55 heavy (non-hydrogen) atoms. The van der Waals surface area contributed by atoms with Crippen LogP contribution in [0.4, 0.5) is 10.2 Å². The number of rotatable bonds is 13. The van der Waals surface area contributed by atoms with E-state index < -0.39 is 42.4 Å². The Morgan fingerprint density at radius 2 is 1.36 bits per heavy atom. The molecule has 0 radical (unpaired) electrons. The van der Waals surface area contributed by atoms with Gasteiger partial charge in [0.25, 0.3) is 0 Å². The average molecular weight is 766 g/mol. The Balaban J connectivity index is 1.22. The van der Waals surface area contributed by atoms with Crippen molar-refractivity contribution in [1.29, 1.82) is 0 Å². The van der Waals surface area contributed by atoms with E-state index in [1.807, 2.05) is 6.92 Å². The number of nitrogens with one attached hydrogen (secondary N) is 1. The molecule has 0 amide bonds. The molecular formula is C40H33ClFN5O8. The van der Waals surface area contributed by atoms with Crippen molar-refractivity contribution in [3.8, 4) is 5.75 Å². The molecule has 1 aliphatic rings. The van der Waals surface area contributed by atoms with Gasteiger partial charge in [-0.15, -0.1) is 0 Å². The van der Waals surface area contributed by atoms with Crippen LogP contribution >= 0.6 is 11.6 Å². The Morgan fingerprint density at radius 3 is 1.96 bits per heavy atom. The van der Waals surface area contributed by atoms with Gasteiger partial charge in [-0.2, -0.15) is 9.97 Å². The number of esters is 3. The average Bonchev–Trinajstić information content (AvgIpc) is 3.78. The Kier molecular flexibility index (Phi) is 11.3. The molecule has 1 saturated heterocycles. The fourth-order valence-corrected chi connectivity index (χ4v) is 6.05. The zero-order valence-electron chi connectivity index (χ0n) is 29.2. The zero-order valence-corrected chi connectivity index (χ0v) is 29.9. The number of imidazole rings is 1. The SMILES string of the molecule is C[C@H](COc1ccc(F)cc1)Nc1nc(Cl)nc2c1ncn2[C@@H]1O[C@H](COC(=O)c2ccccc2)[C@@H](OC(=O)c2ccccc2)[C@H]1OC(=O)c1ccccc1. The summed E-state index contributed by atoms with van der Waals surface area (Å²) < 4.78 is 44.9. The van der Waals surface area contributed by atoms with E-state index >= 15 is 0 Å². The molecule has 6 aromatic rings. The summed E-state index contributed by atoms with van der Waals surface area (Å²) >= 11 is 6.45. The Bertz CT molecular complexity index is 2260. The predicted octanol–water partition coefficient (Wildman–Crippen LogP) is 6.70. The maximum atomic E-state index is 13.6. The van der Waals surface area contributed by atoms with E-state index in [4.69, 9.17) is 35.3 Å². The first-order valence-corrected chi connectivity index (χ1v) is 17.6. The van der Waals surface area contributed by atoms with Crippen molar-refractivity contribution in [3.05, 3.63) is 149 Å². The van der Waals surface area contributed by atoms with E-state index in [9.17, 15) is 18.8 Å². The van der Waals surface area contributed by atoms with Crippen molar-refractivity contribution >= 4 is 46.5 Å². The minimum Gasteiger partial charge on any atom is -0.491 e. The molecule has 7 rings (SSSR count). The van der Waals surface area contributed by atoms with Gasteiger partial charge in [0.05, 0.1) is 29.1 Å². The molecule has 1 fully saturated rings. The quantitative estimate of drug-likeness (QED) is 0.0756. The van der Waals surface area contributed by atoms with Gasteiger partial charge in [-0.25, -0.2) is 23.8 Å². The molecule has 4 aromatic carbocycles. The first-order chi connectivity index (χ1) is 26.7. The van der Waals surface area contributed by atoms with Crippen LogP contribution in [0.2, 0.25) is 5.28 Å². The first kappa shape index (κ1) is 37.0. The molecule has 1 N–H and O–H groups in total. The third kappa shape index (κ3) is 8.72. The molecule has 13 nitrogen and oxygen atoms in total. The number of hydrogen-bond donors (Lipinski definition) is 1. The number of aromatic nitrogens is 4. The molecular weight excluding hydrogens is 733 g/mol. The number of ether oxygens (including phenoxy) is 5. The highest BCUT2D eigenvalue weighted by Gasteiger charge is 2.52. The summed E-state index contributed by atoms with van der Waals surface area (Å²) in [6, 6.07) is 30.2. The lowest BCUT2D eigenvalue weighted by atomic mass is 10.1. The number of carbonyl (C=O) groups excluding carboxylic acids is 3. The highest BCUT2D eigenvalue weighted by molar-refractivity contribution is 6.28. The van der Waals surface area contributed by atoms with Gasteiger partial charge in [0.1, 0.15) is 30.9 Å². The van der Waals surface area contributed by atoms with Crippen LogP contribution in [0.25, 0.3) is 11.2 Å². The van der Waals surface area contributed by atoms with Gasteiger partial charge in [0.2, 0.25) is 5.28 Å². The number of nitrogens with zero attached hydrogens (tertiary/aromatic N) is 4. The molecule has 2 aromatic heterocycles. The molecule has 280 valence electrons. The Labute approximate surface area is 318 Å². The Hall–Kier alpha value is -6.38. The maximum Gasteiger partial charge on any atom is 0.338 e. The van der Waals surface area contributed by atoms with Crippen LogP contribution in [-0.2, 0) is 18.9 Å². The summed E-state index contributed by atoms with van der Waals surface area (Å²) in [4.78, 5) is 53.5. The van der Waals surface area contributed by atoms with Crippen LogP contribution < -0.4 is 10.1 Å². The van der Waals surface area contributed by atoms with E-state index in [0.717, 1.165) is 0 Å². The van der Waals surface area contributed by atoms with Crippen molar-refractivity contribution in [1.82, 2.24) is 19.5 Å². The topological polar surface area (TPSA) is 153 Å². The number of carbonyl (C=O) groups is 3. The third-order valence-electron chi connectivity index (χ3n) is 8.54. The zero-order chi connectivity index (χ0) is 38.3. The van der Waals surface area contributed by atoms with E-state index in [1.54, 1.807) is 91.0 Å². The predicted molar refractivity (Wildman–Crippen MR) is 197 cm³/mol. The minimum atomic E-state index is -1.31. The number of fused-ring (bicyclic) bond motifs is 1. The number of anilines is 1. The van der Waals surface area contributed by atoms with Crippen LogP contribution in [0.3, 0.4) is 0 Å². The molecule has 3 heterocycles. The van der Waals surface area contributed by atoms with Gasteiger partial charge in [-0.3, -0.25) is 4.57 Å². The molecule has 0 bridgehead atoms. The smallest absolute Gasteiger partial charge is 0.338 e. The molecule has 15 heteroatoms. The lowest BCUT2D eigenvalue weighted by Crippen LogP contribution is -2.41. The monoisotopic (exact) mass is 765 g/mol. The minimum absolute atomic E-state index is 0.139. The molecule has 0 spiro atoms. The lowest BCUT2D eigenvalue weighted by molar-refractivity contribution is -0.0606. The summed E-state index contributed by atoms with van der Waals surface area (Å²) in [7, 11) is 0. The van der Waals surface area contributed by atoms with Gasteiger partial charge in [0.15, 0.2) is 35.4 Å². The van der Waals surface area contributed by atoms with Gasteiger partial charge >= 0.3 is 17.9 Å². The second-order valence-electron chi connectivity index (χ2n) is 12.5. The fraction of sp³-hybridized carbons (Fsp3) is 0.200. The normalized spacial score (nSPS) is 18.3. The van der Waals surface area contributed by atoms with Crippen LogP contribution in [-0.4, -0.2) is 75.0 Å². The maximum absolute atomic E-state index is 13.6. The lowest BCUT2D eigenvalue weighted by Gasteiger charge is -2.25.